The highest BCUT2D eigenvalue weighted by Crippen LogP contribution is 2.29. The van der Waals surface area contributed by atoms with Gasteiger partial charge in [-0.05, 0) is 48.4 Å². The lowest BCUT2D eigenvalue weighted by Crippen LogP contribution is -2.48. The predicted molar refractivity (Wildman–Crippen MR) is 153 cm³/mol. The molecule has 0 unspecified atom stereocenters. The first-order chi connectivity index (χ1) is 18.8. The maximum absolute atomic E-state index is 13.2. The van der Waals surface area contributed by atoms with Crippen molar-refractivity contribution in [1.29, 1.82) is 5.26 Å². The van der Waals surface area contributed by atoms with E-state index >= 15 is 0 Å². The number of rotatable bonds is 11. The van der Waals surface area contributed by atoms with E-state index in [0.717, 1.165) is 35.8 Å². The molecule has 1 heterocycles. The van der Waals surface area contributed by atoms with Crippen LogP contribution in [0, 0.1) is 17.2 Å². The smallest absolute Gasteiger partial charge is 0.262 e. The van der Waals surface area contributed by atoms with E-state index in [1.54, 1.807) is 12.1 Å². The molecule has 2 amide bonds. The molecule has 1 saturated carbocycles. The van der Waals surface area contributed by atoms with Gasteiger partial charge in [-0.15, -0.1) is 11.3 Å². The molecule has 39 heavy (non-hydrogen) atoms. The van der Waals surface area contributed by atoms with Gasteiger partial charge >= 0.3 is 0 Å². The Morgan fingerprint density at radius 3 is 2.56 bits per heavy atom. The monoisotopic (exact) mass is 566 g/mol. The zero-order valence-corrected chi connectivity index (χ0v) is 23.7. The third kappa shape index (κ3) is 7.24. The van der Waals surface area contributed by atoms with Crippen molar-refractivity contribution < 1.29 is 18.0 Å². The minimum Gasteiger partial charge on any atom is -0.354 e. The number of carbonyl (C=O) groups is 2. The van der Waals surface area contributed by atoms with Crippen LogP contribution in [0.25, 0.3) is 10.1 Å². The van der Waals surface area contributed by atoms with Crippen molar-refractivity contribution in [2.75, 3.05) is 20.1 Å². The van der Waals surface area contributed by atoms with E-state index in [1.807, 2.05) is 36.4 Å². The summed E-state index contributed by atoms with van der Waals surface area (Å²) in [6, 6.07) is 17.0. The van der Waals surface area contributed by atoms with Gasteiger partial charge in [0.05, 0.1) is 15.3 Å². The minimum absolute atomic E-state index is 0.0319. The molecule has 3 aromatic rings. The summed E-state index contributed by atoms with van der Waals surface area (Å²) < 4.78 is 28.1. The third-order valence-electron chi connectivity index (χ3n) is 7.21. The van der Waals surface area contributed by atoms with Gasteiger partial charge in [0.15, 0.2) is 0 Å². The summed E-state index contributed by atoms with van der Waals surface area (Å²) >= 11 is 1.41. The largest absolute Gasteiger partial charge is 0.354 e. The number of benzene rings is 2. The number of nitriles is 1. The molecule has 0 spiro atoms. The fourth-order valence-electron chi connectivity index (χ4n) is 5.02. The van der Waals surface area contributed by atoms with E-state index < -0.39 is 16.1 Å². The van der Waals surface area contributed by atoms with Gasteiger partial charge in [0.25, 0.3) is 5.91 Å². The Balaban J connectivity index is 1.36. The number of carbonyl (C=O) groups excluding carboxylic acids is 2. The Labute approximate surface area is 234 Å². The second-order valence-electron chi connectivity index (χ2n) is 9.99. The van der Waals surface area contributed by atoms with E-state index in [2.05, 4.69) is 10.6 Å². The molecule has 1 aliphatic rings. The molecular formula is C29H34N4O4S2. The lowest BCUT2D eigenvalue weighted by atomic mass is 9.84. The van der Waals surface area contributed by atoms with Gasteiger partial charge in [-0.2, -0.15) is 5.26 Å². The third-order valence-corrected chi connectivity index (χ3v) is 10.2. The maximum Gasteiger partial charge on any atom is 0.262 e. The highest BCUT2D eigenvalue weighted by Gasteiger charge is 2.27. The van der Waals surface area contributed by atoms with Crippen LogP contribution in [0.5, 0.6) is 0 Å². The van der Waals surface area contributed by atoms with Gasteiger partial charge < -0.3 is 10.6 Å². The average Bonchev–Trinajstić information content (AvgIpc) is 3.40. The quantitative estimate of drug-likeness (QED) is 0.327. The van der Waals surface area contributed by atoms with Crippen LogP contribution in [0.3, 0.4) is 0 Å². The Hall–Kier alpha value is -3.26. The second-order valence-corrected chi connectivity index (χ2v) is 13.1. The normalized spacial score (nSPS) is 15.1. The van der Waals surface area contributed by atoms with Crippen LogP contribution >= 0.6 is 11.3 Å². The van der Waals surface area contributed by atoms with Crippen molar-refractivity contribution in [2.24, 2.45) is 5.92 Å². The second kappa shape index (κ2) is 13.2. The van der Waals surface area contributed by atoms with Gasteiger partial charge in [0.2, 0.25) is 15.9 Å². The highest BCUT2D eigenvalue weighted by molar-refractivity contribution is 7.89. The number of nitrogens with one attached hydrogen (secondary N) is 2. The first kappa shape index (κ1) is 28.7. The van der Waals surface area contributed by atoms with Gasteiger partial charge in [-0.3, -0.25) is 9.59 Å². The Bertz CT molecular complexity index is 1420. The number of sulfonamides is 1. The van der Waals surface area contributed by atoms with E-state index in [4.69, 9.17) is 0 Å². The van der Waals surface area contributed by atoms with Crippen molar-refractivity contribution in [3.63, 3.8) is 0 Å². The number of hydrogen-bond donors (Lipinski definition) is 2. The van der Waals surface area contributed by atoms with Gasteiger partial charge in [0.1, 0.15) is 12.1 Å². The first-order valence-corrected chi connectivity index (χ1v) is 15.6. The zero-order valence-electron chi connectivity index (χ0n) is 22.1. The lowest BCUT2D eigenvalue weighted by molar-refractivity contribution is -0.123. The van der Waals surface area contributed by atoms with Crippen molar-refractivity contribution in [2.45, 2.75) is 55.9 Å². The summed E-state index contributed by atoms with van der Waals surface area (Å²) in [6.45, 7) is 0.433. The Kier molecular flexibility index (Phi) is 9.73. The first-order valence-electron chi connectivity index (χ1n) is 13.3. The van der Waals surface area contributed by atoms with Crippen molar-refractivity contribution >= 4 is 43.3 Å². The molecule has 2 aromatic carbocycles. The number of thiophene rings is 1. The minimum atomic E-state index is -3.83. The molecule has 1 atom stereocenters. The van der Waals surface area contributed by atoms with Crippen LogP contribution in [0.1, 0.15) is 60.2 Å². The zero-order chi connectivity index (χ0) is 27.8. The summed E-state index contributed by atoms with van der Waals surface area (Å²) in [7, 11) is -2.37. The maximum atomic E-state index is 13.2. The predicted octanol–water partition coefficient (Wildman–Crippen LogP) is 4.67. The van der Waals surface area contributed by atoms with Crippen LogP contribution in [0.15, 0.2) is 59.5 Å². The molecule has 0 aliphatic heterocycles. The fraction of sp³-hybridized carbons (Fsp3) is 0.414. The molecule has 1 fully saturated rings. The molecular weight excluding hydrogens is 532 g/mol. The van der Waals surface area contributed by atoms with Gasteiger partial charge in [-0.1, -0.05) is 62.4 Å². The number of amides is 2. The molecule has 10 heteroatoms. The SMILES string of the molecule is CN(CCCNC(=O)[C@H](CC1CCCCC1)NC(=O)c1cc2ccccc2s1)S(=O)(=O)c1ccccc1C#N. The van der Waals surface area contributed by atoms with Crippen molar-refractivity contribution in [3.8, 4) is 6.07 Å². The molecule has 1 aromatic heterocycles. The molecule has 0 bridgehead atoms. The molecule has 206 valence electrons. The average molecular weight is 567 g/mol. The van der Waals surface area contributed by atoms with Crippen LogP contribution in [0.4, 0.5) is 0 Å². The Morgan fingerprint density at radius 2 is 1.82 bits per heavy atom. The van der Waals surface area contributed by atoms with Crippen molar-refractivity contribution in [3.05, 3.63) is 65.0 Å². The molecule has 1 aliphatic carbocycles. The van der Waals surface area contributed by atoms with Crippen LogP contribution in [0.2, 0.25) is 0 Å². The summed E-state index contributed by atoms with van der Waals surface area (Å²) in [5.41, 5.74) is 0.0950. The molecule has 4 rings (SSSR count). The topological polar surface area (TPSA) is 119 Å². The molecule has 2 N–H and O–H groups in total. The van der Waals surface area contributed by atoms with Gasteiger partial charge in [-0.25, -0.2) is 12.7 Å². The van der Waals surface area contributed by atoms with Gasteiger partial charge in [0, 0.05) is 24.8 Å². The Morgan fingerprint density at radius 1 is 1.10 bits per heavy atom. The number of nitrogens with zero attached hydrogens (tertiary/aromatic N) is 2. The molecule has 0 radical (unpaired) electrons. The van der Waals surface area contributed by atoms with Crippen molar-refractivity contribution in [1.82, 2.24) is 14.9 Å². The van der Waals surface area contributed by atoms with Crippen LogP contribution < -0.4 is 10.6 Å². The highest BCUT2D eigenvalue weighted by atomic mass is 32.2. The van der Waals surface area contributed by atoms with E-state index in [-0.39, 0.29) is 35.4 Å². The van der Waals surface area contributed by atoms with E-state index in [0.29, 0.717) is 23.6 Å². The molecule has 0 saturated heterocycles. The number of hydrogen-bond acceptors (Lipinski definition) is 6. The summed E-state index contributed by atoms with van der Waals surface area (Å²) in [6.07, 6.45) is 6.55. The summed E-state index contributed by atoms with van der Waals surface area (Å²) in [5, 5.41) is 16.1. The number of fused-ring (bicyclic) bond motifs is 1. The van der Waals surface area contributed by atoms with Crippen LogP contribution in [-0.4, -0.2) is 50.7 Å². The standard InChI is InChI=1S/C29H34N4O4S2/c1-33(39(36,37)27-15-8-6-13-23(27)20-30)17-9-16-31-28(34)24(18-21-10-3-2-4-11-21)32-29(35)26-19-22-12-5-7-14-25(22)38-26/h5-8,12-15,19,21,24H,2-4,9-11,16-18H2,1H3,(H,31,34)(H,32,35)/t24-/m0/s1. The summed E-state index contributed by atoms with van der Waals surface area (Å²) in [5.74, 6) is -0.127. The van der Waals surface area contributed by atoms with Crippen LogP contribution in [-0.2, 0) is 14.8 Å². The molecule has 8 nitrogen and oxygen atoms in total. The fourth-order valence-corrected chi connectivity index (χ4v) is 7.33. The lowest BCUT2D eigenvalue weighted by Gasteiger charge is -2.26. The van der Waals surface area contributed by atoms with E-state index in [9.17, 15) is 23.3 Å². The van der Waals surface area contributed by atoms with E-state index in [1.165, 1.54) is 41.2 Å². The summed E-state index contributed by atoms with van der Waals surface area (Å²) in [4.78, 5) is 26.9.